The standard InChI is InChI=1S/C14H13ClN2O2/c1-8-10(15)5-3-7-12(8)17-14(19)9-4-2-6-11(16)13(9)18/h2-7,18H,16H2,1H3,(H,17,19). The topological polar surface area (TPSA) is 75.4 Å². The van der Waals surface area contributed by atoms with Crippen molar-refractivity contribution >= 4 is 28.9 Å². The number of phenolic OH excluding ortho intramolecular Hbond substituents is 1. The zero-order valence-corrected chi connectivity index (χ0v) is 11.0. The van der Waals surface area contributed by atoms with Crippen LogP contribution in [0.2, 0.25) is 5.02 Å². The number of halogens is 1. The lowest BCUT2D eigenvalue weighted by Gasteiger charge is -2.11. The molecule has 0 atom stereocenters. The highest BCUT2D eigenvalue weighted by atomic mass is 35.5. The second-order valence-corrected chi connectivity index (χ2v) is 4.52. The normalized spacial score (nSPS) is 10.2. The van der Waals surface area contributed by atoms with Crippen LogP contribution in [0, 0.1) is 6.92 Å². The van der Waals surface area contributed by atoms with Crippen molar-refractivity contribution in [3.05, 3.63) is 52.5 Å². The summed E-state index contributed by atoms with van der Waals surface area (Å²) >= 11 is 5.98. The molecule has 0 aliphatic carbocycles. The molecule has 0 aromatic heterocycles. The number of anilines is 2. The van der Waals surface area contributed by atoms with E-state index < -0.39 is 5.91 Å². The Bertz CT molecular complexity index is 641. The molecule has 0 aliphatic rings. The van der Waals surface area contributed by atoms with Crippen molar-refractivity contribution in [2.45, 2.75) is 6.92 Å². The third-order valence-corrected chi connectivity index (χ3v) is 3.24. The van der Waals surface area contributed by atoms with Crippen LogP contribution in [-0.4, -0.2) is 11.0 Å². The number of amides is 1. The quantitative estimate of drug-likeness (QED) is 0.582. The van der Waals surface area contributed by atoms with Gasteiger partial charge in [-0.05, 0) is 36.8 Å². The number of para-hydroxylation sites is 1. The number of carbonyl (C=O) groups is 1. The number of phenols is 1. The van der Waals surface area contributed by atoms with Gasteiger partial charge in [0, 0.05) is 10.7 Å². The molecule has 0 saturated heterocycles. The molecule has 0 unspecified atom stereocenters. The van der Waals surface area contributed by atoms with Crippen LogP contribution < -0.4 is 11.1 Å². The van der Waals surface area contributed by atoms with E-state index in [2.05, 4.69) is 5.32 Å². The minimum absolute atomic E-state index is 0.124. The Morgan fingerprint density at radius 3 is 2.68 bits per heavy atom. The molecular formula is C14H13ClN2O2. The first-order chi connectivity index (χ1) is 9.00. The molecule has 0 aliphatic heterocycles. The monoisotopic (exact) mass is 276 g/mol. The number of aromatic hydroxyl groups is 1. The van der Waals surface area contributed by atoms with Gasteiger partial charge in [0.15, 0.2) is 5.75 Å². The second-order valence-electron chi connectivity index (χ2n) is 4.11. The third-order valence-electron chi connectivity index (χ3n) is 2.83. The minimum Gasteiger partial charge on any atom is -0.505 e. The van der Waals surface area contributed by atoms with E-state index in [4.69, 9.17) is 17.3 Å². The number of rotatable bonds is 2. The zero-order valence-electron chi connectivity index (χ0n) is 10.3. The van der Waals surface area contributed by atoms with E-state index in [1.54, 1.807) is 31.2 Å². The number of nitrogens with two attached hydrogens (primary N) is 1. The molecule has 0 spiro atoms. The molecule has 98 valence electrons. The Balaban J connectivity index is 2.31. The first kappa shape index (κ1) is 13.2. The fourth-order valence-electron chi connectivity index (χ4n) is 1.68. The van der Waals surface area contributed by atoms with Crippen LogP contribution in [0.4, 0.5) is 11.4 Å². The maximum Gasteiger partial charge on any atom is 0.259 e. The summed E-state index contributed by atoms with van der Waals surface area (Å²) in [5.74, 6) is -0.658. The second kappa shape index (κ2) is 5.20. The highest BCUT2D eigenvalue weighted by Crippen LogP contribution is 2.27. The SMILES string of the molecule is Cc1c(Cl)cccc1NC(=O)c1cccc(N)c1O. The van der Waals surface area contributed by atoms with Crippen LogP contribution in [0.15, 0.2) is 36.4 Å². The van der Waals surface area contributed by atoms with E-state index in [0.29, 0.717) is 10.7 Å². The van der Waals surface area contributed by atoms with Gasteiger partial charge in [0.2, 0.25) is 0 Å². The van der Waals surface area contributed by atoms with Gasteiger partial charge in [-0.15, -0.1) is 0 Å². The maximum atomic E-state index is 12.1. The Hall–Kier alpha value is -2.20. The summed E-state index contributed by atoms with van der Waals surface area (Å²) in [6.45, 7) is 1.80. The van der Waals surface area contributed by atoms with Crippen LogP contribution in [0.3, 0.4) is 0 Å². The molecule has 2 aromatic carbocycles. The molecule has 19 heavy (non-hydrogen) atoms. The summed E-state index contributed by atoms with van der Waals surface area (Å²) in [5.41, 5.74) is 7.20. The van der Waals surface area contributed by atoms with E-state index in [1.165, 1.54) is 12.1 Å². The number of hydrogen-bond acceptors (Lipinski definition) is 3. The Morgan fingerprint density at radius 1 is 1.26 bits per heavy atom. The molecule has 2 rings (SSSR count). The van der Waals surface area contributed by atoms with E-state index in [9.17, 15) is 9.90 Å². The lowest BCUT2D eigenvalue weighted by Crippen LogP contribution is -2.13. The first-order valence-electron chi connectivity index (χ1n) is 5.64. The van der Waals surface area contributed by atoms with E-state index in [1.807, 2.05) is 0 Å². The first-order valence-corrected chi connectivity index (χ1v) is 6.02. The minimum atomic E-state index is -0.435. The predicted molar refractivity (Wildman–Crippen MR) is 76.7 cm³/mol. The number of nitrogen functional groups attached to an aromatic ring is 1. The fourth-order valence-corrected chi connectivity index (χ4v) is 1.85. The van der Waals surface area contributed by atoms with Crippen molar-refractivity contribution in [2.24, 2.45) is 0 Å². The number of carbonyl (C=O) groups excluding carboxylic acids is 1. The smallest absolute Gasteiger partial charge is 0.259 e. The molecular weight excluding hydrogens is 264 g/mol. The van der Waals surface area contributed by atoms with Gasteiger partial charge in [-0.25, -0.2) is 0 Å². The maximum absolute atomic E-state index is 12.1. The molecule has 0 fully saturated rings. The van der Waals surface area contributed by atoms with Crippen molar-refractivity contribution in [1.29, 1.82) is 0 Å². The van der Waals surface area contributed by atoms with Gasteiger partial charge >= 0.3 is 0 Å². The number of benzene rings is 2. The predicted octanol–water partition coefficient (Wildman–Crippen LogP) is 3.19. The van der Waals surface area contributed by atoms with Crippen LogP contribution in [0.25, 0.3) is 0 Å². The van der Waals surface area contributed by atoms with Crippen molar-refractivity contribution in [1.82, 2.24) is 0 Å². The molecule has 4 nitrogen and oxygen atoms in total. The van der Waals surface area contributed by atoms with Crippen molar-refractivity contribution in [3.8, 4) is 5.75 Å². The van der Waals surface area contributed by atoms with Crippen molar-refractivity contribution in [2.75, 3.05) is 11.1 Å². The summed E-state index contributed by atoms with van der Waals surface area (Å²) in [6.07, 6.45) is 0. The van der Waals surface area contributed by atoms with Gasteiger partial charge in [0.1, 0.15) is 0 Å². The molecule has 0 saturated carbocycles. The molecule has 0 bridgehead atoms. The summed E-state index contributed by atoms with van der Waals surface area (Å²) in [5, 5.41) is 13.0. The summed E-state index contributed by atoms with van der Waals surface area (Å²) < 4.78 is 0. The average Bonchev–Trinajstić information content (AvgIpc) is 2.38. The summed E-state index contributed by atoms with van der Waals surface area (Å²) in [7, 11) is 0. The van der Waals surface area contributed by atoms with Gasteiger partial charge in [-0.1, -0.05) is 23.7 Å². The van der Waals surface area contributed by atoms with Crippen molar-refractivity contribution in [3.63, 3.8) is 0 Å². The van der Waals surface area contributed by atoms with E-state index >= 15 is 0 Å². The highest BCUT2D eigenvalue weighted by molar-refractivity contribution is 6.31. The average molecular weight is 277 g/mol. The number of hydrogen-bond donors (Lipinski definition) is 3. The molecule has 0 radical (unpaired) electrons. The lowest BCUT2D eigenvalue weighted by molar-refractivity contribution is 0.102. The van der Waals surface area contributed by atoms with Crippen LogP contribution >= 0.6 is 11.6 Å². The fraction of sp³-hybridized carbons (Fsp3) is 0.0714. The van der Waals surface area contributed by atoms with Gasteiger partial charge in [-0.3, -0.25) is 4.79 Å². The van der Waals surface area contributed by atoms with Gasteiger partial charge in [-0.2, -0.15) is 0 Å². The molecule has 5 heteroatoms. The van der Waals surface area contributed by atoms with Gasteiger partial charge in [0.25, 0.3) is 5.91 Å². The van der Waals surface area contributed by atoms with Crippen LogP contribution in [0.5, 0.6) is 5.75 Å². The Morgan fingerprint density at radius 2 is 1.95 bits per heavy atom. The lowest BCUT2D eigenvalue weighted by atomic mass is 10.1. The van der Waals surface area contributed by atoms with E-state index in [0.717, 1.165) is 5.56 Å². The van der Waals surface area contributed by atoms with E-state index in [-0.39, 0.29) is 17.0 Å². The van der Waals surface area contributed by atoms with Gasteiger partial charge < -0.3 is 16.2 Å². The third kappa shape index (κ3) is 2.63. The molecule has 0 heterocycles. The highest BCUT2D eigenvalue weighted by Gasteiger charge is 2.14. The van der Waals surface area contributed by atoms with Crippen molar-refractivity contribution < 1.29 is 9.90 Å². The largest absolute Gasteiger partial charge is 0.505 e. The summed E-state index contributed by atoms with van der Waals surface area (Å²) in [4.78, 5) is 12.1. The molecule has 2 aromatic rings. The van der Waals surface area contributed by atoms with Gasteiger partial charge in [0.05, 0.1) is 11.3 Å². The summed E-state index contributed by atoms with van der Waals surface area (Å²) in [6, 6.07) is 9.85. The number of nitrogens with one attached hydrogen (secondary N) is 1. The molecule has 4 N–H and O–H groups in total. The Labute approximate surface area is 115 Å². The zero-order chi connectivity index (χ0) is 14.0. The van der Waals surface area contributed by atoms with Crippen LogP contribution in [-0.2, 0) is 0 Å². The van der Waals surface area contributed by atoms with Crippen LogP contribution in [0.1, 0.15) is 15.9 Å². The Kier molecular flexibility index (Phi) is 3.62. The molecule has 1 amide bonds.